The van der Waals surface area contributed by atoms with Crippen LogP contribution in [0, 0.1) is 0 Å². The van der Waals surface area contributed by atoms with Crippen LogP contribution in [0.5, 0.6) is 0 Å². The average Bonchev–Trinajstić information content (AvgIpc) is 3.00. The fourth-order valence-corrected chi connectivity index (χ4v) is 1.74. The molecule has 0 saturated carbocycles. The van der Waals surface area contributed by atoms with Gasteiger partial charge in [0.05, 0.1) is 12.2 Å². The van der Waals surface area contributed by atoms with Gasteiger partial charge in [-0.2, -0.15) is 20.1 Å². The summed E-state index contributed by atoms with van der Waals surface area (Å²) in [6.45, 7) is 0.500. The minimum Gasteiger partial charge on any atom is -0.348 e. The summed E-state index contributed by atoms with van der Waals surface area (Å²) in [5.41, 5.74) is 0.879. The zero-order valence-corrected chi connectivity index (χ0v) is 11.1. The second-order valence-corrected chi connectivity index (χ2v) is 4.19. The summed E-state index contributed by atoms with van der Waals surface area (Å²) in [6, 6.07) is 7.46. The van der Waals surface area contributed by atoms with Crippen molar-refractivity contribution in [2.75, 3.05) is 5.32 Å². The highest BCUT2D eigenvalue weighted by atomic mass is 35.5. The van der Waals surface area contributed by atoms with Crippen molar-refractivity contribution in [1.82, 2.24) is 29.7 Å². The van der Waals surface area contributed by atoms with Crippen LogP contribution in [0.2, 0.25) is 5.28 Å². The molecule has 0 fully saturated rings. The van der Waals surface area contributed by atoms with Crippen LogP contribution in [0.1, 0.15) is 5.69 Å². The van der Waals surface area contributed by atoms with E-state index in [2.05, 4.69) is 30.4 Å². The van der Waals surface area contributed by atoms with Gasteiger partial charge in [0.15, 0.2) is 0 Å². The minimum atomic E-state index is 0.106. The third-order valence-corrected chi connectivity index (χ3v) is 2.63. The number of halogens is 1. The summed E-state index contributed by atoms with van der Waals surface area (Å²) in [7, 11) is 0. The Bertz CT molecular complexity index is 684. The summed E-state index contributed by atoms with van der Waals surface area (Å²) in [5.74, 6) is 0.736. The molecule has 7 nitrogen and oxygen atoms in total. The molecule has 20 heavy (non-hydrogen) atoms. The molecule has 0 bridgehead atoms. The number of nitrogens with one attached hydrogen (secondary N) is 1. The van der Waals surface area contributed by atoms with Gasteiger partial charge in [-0.1, -0.05) is 6.07 Å². The van der Waals surface area contributed by atoms with Crippen LogP contribution in [0.4, 0.5) is 5.95 Å². The van der Waals surface area contributed by atoms with E-state index in [0.29, 0.717) is 18.4 Å². The molecule has 0 aromatic carbocycles. The summed E-state index contributed by atoms with van der Waals surface area (Å²) >= 11 is 5.89. The fourth-order valence-electron chi connectivity index (χ4n) is 1.58. The lowest BCUT2D eigenvalue weighted by Gasteiger charge is -2.06. The van der Waals surface area contributed by atoms with Crippen LogP contribution in [-0.4, -0.2) is 29.7 Å². The van der Waals surface area contributed by atoms with Gasteiger partial charge < -0.3 is 5.32 Å². The predicted octanol–water partition coefficient (Wildman–Crippen LogP) is 1.72. The Kier molecular flexibility index (Phi) is 3.51. The Hall–Kier alpha value is -2.54. The molecule has 0 unspecified atom stereocenters. The first-order valence-electron chi connectivity index (χ1n) is 5.86. The van der Waals surface area contributed by atoms with Gasteiger partial charge in [-0.15, -0.1) is 0 Å². The SMILES string of the molecule is Clc1nc(NCc2ccccn2)nc(-n2cccn2)n1. The van der Waals surface area contributed by atoms with Gasteiger partial charge in [-0.25, -0.2) is 4.68 Å². The predicted molar refractivity (Wildman–Crippen MR) is 73.5 cm³/mol. The van der Waals surface area contributed by atoms with Crippen molar-refractivity contribution >= 4 is 17.5 Å². The first-order valence-corrected chi connectivity index (χ1v) is 6.24. The molecule has 0 aliphatic heterocycles. The fraction of sp³-hybridized carbons (Fsp3) is 0.0833. The highest BCUT2D eigenvalue weighted by Gasteiger charge is 2.07. The van der Waals surface area contributed by atoms with Crippen LogP contribution in [-0.2, 0) is 6.54 Å². The zero-order chi connectivity index (χ0) is 13.8. The lowest BCUT2D eigenvalue weighted by molar-refractivity contribution is 0.794. The Morgan fingerprint density at radius 3 is 2.80 bits per heavy atom. The van der Waals surface area contributed by atoms with Crippen molar-refractivity contribution in [3.05, 3.63) is 53.8 Å². The van der Waals surface area contributed by atoms with E-state index in [1.165, 1.54) is 4.68 Å². The molecule has 100 valence electrons. The third kappa shape index (κ3) is 2.89. The van der Waals surface area contributed by atoms with Gasteiger partial charge in [0.2, 0.25) is 11.2 Å². The van der Waals surface area contributed by atoms with E-state index >= 15 is 0 Å². The summed E-state index contributed by atoms with van der Waals surface area (Å²) < 4.78 is 1.51. The molecule has 1 N–H and O–H groups in total. The first-order chi connectivity index (χ1) is 9.81. The molecule has 0 spiro atoms. The molecule has 3 rings (SSSR count). The molecule has 0 aliphatic carbocycles. The lowest BCUT2D eigenvalue weighted by atomic mass is 10.3. The monoisotopic (exact) mass is 287 g/mol. The third-order valence-electron chi connectivity index (χ3n) is 2.46. The molecular formula is C12H10ClN7. The van der Waals surface area contributed by atoms with E-state index < -0.39 is 0 Å². The number of hydrogen-bond acceptors (Lipinski definition) is 6. The smallest absolute Gasteiger partial charge is 0.256 e. The molecule has 8 heteroatoms. The van der Waals surface area contributed by atoms with Gasteiger partial charge in [-0.3, -0.25) is 4.98 Å². The van der Waals surface area contributed by atoms with Gasteiger partial charge in [0.25, 0.3) is 5.95 Å². The number of nitrogens with zero attached hydrogens (tertiary/aromatic N) is 6. The molecule has 0 radical (unpaired) electrons. The second-order valence-electron chi connectivity index (χ2n) is 3.85. The Labute approximate surface area is 119 Å². The van der Waals surface area contributed by atoms with E-state index in [9.17, 15) is 0 Å². The number of pyridine rings is 1. The van der Waals surface area contributed by atoms with E-state index in [4.69, 9.17) is 11.6 Å². The van der Waals surface area contributed by atoms with Crippen molar-refractivity contribution in [3.63, 3.8) is 0 Å². The highest BCUT2D eigenvalue weighted by molar-refractivity contribution is 6.28. The standard InChI is InChI=1S/C12H10ClN7/c13-10-17-11(15-8-9-4-1-2-5-14-9)19-12(18-10)20-7-3-6-16-20/h1-7H,8H2,(H,15,17,18,19). The van der Waals surface area contributed by atoms with E-state index in [-0.39, 0.29) is 5.28 Å². The topological polar surface area (TPSA) is 81.4 Å². The van der Waals surface area contributed by atoms with Crippen LogP contribution in [0.3, 0.4) is 0 Å². The molecule has 3 heterocycles. The molecule has 3 aromatic heterocycles. The summed E-state index contributed by atoms with van der Waals surface area (Å²) in [5, 5.41) is 7.21. The normalized spacial score (nSPS) is 10.4. The molecule has 0 saturated heterocycles. The van der Waals surface area contributed by atoms with Gasteiger partial charge >= 0.3 is 0 Å². The number of rotatable bonds is 4. The Balaban J connectivity index is 1.80. The molecular weight excluding hydrogens is 278 g/mol. The average molecular weight is 288 g/mol. The van der Waals surface area contributed by atoms with E-state index in [0.717, 1.165) is 5.69 Å². The highest BCUT2D eigenvalue weighted by Crippen LogP contribution is 2.09. The van der Waals surface area contributed by atoms with Crippen LogP contribution < -0.4 is 5.32 Å². The van der Waals surface area contributed by atoms with Gasteiger partial charge in [-0.05, 0) is 29.8 Å². The van der Waals surface area contributed by atoms with Crippen molar-refractivity contribution < 1.29 is 0 Å². The lowest BCUT2D eigenvalue weighted by Crippen LogP contribution is -2.09. The molecule has 0 atom stereocenters. The molecule has 0 amide bonds. The quantitative estimate of drug-likeness (QED) is 0.787. The summed E-state index contributed by atoms with van der Waals surface area (Å²) in [6.07, 6.45) is 5.10. The number of hydrogen-bond donors (Lipinski definition) is 1. The largest absolute Gasteiger partial charge is 0.348 e. The Morgan fingerprint density at radius 1 is 1.10 bits per heavy atom. The van der Waals surface area contributed by atoms with Crippen molar-refractivity contribution in [1.29, 1.82) is 0 Å². The number of anilines is 1. The zero-order valence-electron chi connectivity index (χ0n) is 10.3. The van der Waals surface area contributed by atoms with Gasteiger partial charge in [0, 0.05) is 18.6 Å². The maximum atomic E-state index is 5.89. The summed E-state index contributed by atoms with van der Waals surface area (Å²) in [4.78, 5) is 16.5. The van der Waals surface area contributed by atoms with Crippen LogP contribution in [0.25, 0.3) is 5.95 Å². The first kappa shape index (κ1) is 12.5. The van der Waals surface area contributed by atoms with Crippen LogP contribution >= 0.6 is 11.6 Å². The minimum absolute atomic E-state index is 0.106. The van der Waals surface area contributed by atoms with E-state index in [1.807, 2.05) is 18.2 Å². The molecule has 3 aromatic rings. The van der Waals surface area contributed by atoms with Crippen molar-refractivity contribution in [2.24, 2.45) is 0 Å². The van der Waals surface area contributed by atoms with Crippen molar-refractivity contribution in [2.45, 2.75) is 6.54 Å². The number of aromatic nitrogens is 6. The molecule has 0 aliphatic rings. The van der Waals surface area contributed by atoms with Crippen molar-refractivity contribution in [3.8, 4) is 5.95 Å². The van der Waals surface area contributed by atoms with E-state index in [1.54, 1.807) is 24.7 Å². The maximum Gasteiger partial charge on any atom is 0.256 e. The van der Waals surface area contributed by atoms with Gasteiger partial charge in [0.1, 0.15) is 0 Å². The van der Waals surface area contributed by atoms with Crippen LogP contribution in [0.15, 0.2) is 42.9 Å². The second kappa shape index (κ2) is 5.62. The Morgan fingerprint density at radius 2 is 2.05 bits per heavy atom. The maximum absolute atomic E-state index is 5.89.